The van der Waals surface area contributed by atoms with Gasteiger partial charge in [0.15, 0.2) is 13.1 Å². The molecule has 1 aromatic carbocycles. The Morgan fingerprint density at radius 3 is 2.63 bits per heavy atom. The summed E-state index contributed by atoms with van der Waals surface area (Å²) >= 11 is 5.68. The van der Waals surface area contributed by atoms with Crippen molar-refractivity contribution in [3.63, 3.8) is 0 Å². The highest BCUT2D eigenvalue weighted by Gasteiger charge is 2.14. The number of rotatable bonds is 7. The molecule has 0 heterocycles. The molecule has 1 rings (SSSR count). The molecule has 0 aliphatic carbocycles. The largest absolute Gasteiger partial charge is 0.467 e. The summed E-state index contributed by atoms with van der Waals surface area (Å²) in [6.07, 6.45) is 0.475. The van der Waals surface area contributed by atoms with Gasteiger partial charge in [-0.05, 0) is 18.2 Å². The zero-order chi connectivity index (χ0) is 14.5. The summed E-state index contributed by atoms with van der Waals surface area (Å²) in [4.78, 5) is 10.9. The van der Waals surface area contributed by atoms with E-state index in [4.69, 9.17) is 21.1 Å². The van der Waals surface area contributed by atoms with Gasteiger partial charge in [0.2, 0.25) is 0 Å². The van der Waals surface area contributed by atoms with Crippen LogP contribution in [0.25, 0.3) is 0 Å². The van der Waals surface area contributed by atoms with Gasteiger partial charge in [-0.25, -0.2) is 4.39 Å². The van der Waals surface area contributed by atoms with Gasteiger partial charge in [0.25, 0.3) is 0 Å². The summed E-state index contributed by atoms with van der Waals surface area (Å²) < 4.78 is 23.8. The van der Waals surface area contributed by atoms with Crippen molar-refractivity contribution in [1.29, 1.82) is 0 Å². The molecule has 0 aromatic heterocycles. The van der Waals surface area contributed by atoms with Crippen LogP contribution in [0.5, 0.6) is 5.75 Å². The molecular formula is C13H18ClFO3Si. The molecule has 3 nitrogen and oxygen atoms in total. The van der Waals surface area contributed by atoms with Gasteiger partial charge in [0, 0.05) is 14.7 Å². The minimum atomic E-state index is -1.13. The van der Waals surface area contributed by atoms with Gasteiger partial charge in [-0.2, -0.15) is 0 Å². The Bertz CT molecular complexity index is 446. The molecule has 0 atom stereocenters. The minimum absolute atomic E-state index is 0.00969. The summed E-state index contributed by atoms with van der Waals surface area (Å²) in [5.41, 5.74) is 0.00969. The Morgan fingerprint density at radius 2 is 2.05 bits per heavy atom. The molecule has 0 aliphatic heterocycles. The van der Waals surface area contributed by atoms with Crippen LogP contribution in [0.2, 0.25) is 30.7 Å². The second kappa shape index (κ2) is 7.03. The standard InChI is InChI=1S/C13H18ClFO3Si/c1-19(2,3)7-6-17-9-18-12-5-4-11(15)13(14)10(12)8-16/h4-5,8H,6-7,9H2,1-3H3. The third-order valence-electron chi connectivity index (χ3n) is 2.50. The number of ether oxygens (including phenoxy) is 2. The Labute approximate surface area is 118 Å². The molecule has 0 amide bonds. The van der Waals surface area contributed by atoms with Crippen molar-refractivity contribution in [1.82, 2.24) is 0 Å². The van der Waals surface area contributed by atoms with E-state index in [1.807, 2.05) is 0 Å². The average Bonchev–Trinajstić information content (AvgIpc) is 2.32. The molecule has 0 unspecified atom stereocenters. The predicted octanol–water partition coefficient (Wildman–Crippen LogP) is 3.98. The summed E-state index contributed by atoms with van der Waals surface area (Å²) in [5.74, 6) is -0.412. The van der Waals surface area contributed by atoms with E-state index in [0.29, 0.717) is 12.9 Å². The molecule has 0 saturated heterocycles. The first-order chi connectivity index (χ1) is 8.85. The fraction of sp³-hybridized carbons (Fsp3) is 0.462. The van der Waals surface area contributed by atoms with Gasteiger partial charge >= 0.3 is 0 Å². The molecule has 106 valence electrons. The zero-order valence-electron chi connectivity index (χ0n) is 11.3. The first-order valence-corrected chi connectivity index (χ1v) is 10.1. The quantitative estimate of drug-likeness (QED) is 0.331. The van der Waals surface area contributed by atoms with Gasteiger partial charge < -0.3 is 9.47 Å². The van der Waals surface area contributed by atoms with Gasteiger partial charge in [-0.15, -0.1) is 0 Å². The number of carbonyl (C=O) groups is 1. The van der Waals surface area contributed by atoms with E-state index >= 15 is 0 Å². The van der Waals surface area contributed by atoms with Crippen molar-refractivity contribution in [2.45, 2.75) is 25.7 Å². The fourth-order valence-corrected chi connectivity index (χ4v) is 2.28. The van der Waals surface area contributed by atoms with E-state index in [0.717, 1.165) is 12.1 Å². The van der Waals surface area contributed by atoms with E-state index in [1.54, 1.807) is 0 Å². The maximum absolute atomic E-state index is 13.1. The van der Waals surface area contributed by atoms with E-state index in [1.165, 1.54) is 6.07 Å². The van der Waals surface area contributed by atoms with E-state index in [9.17, 15) is 9.18 Å². The van der Waals surface area contributed by atoms with Crippen molar-refractivity contribution in [3.8, 4) is 5.75 Å². The molecule has 0 spiro atoms. The topological polar surface area (TPSA) is 35.5 Å². The lowest BCUT2D eigenvalue weighted by Crippen LogP contribution is -2.22. The van der Waals surface area contributed by atoms with E-state index in [2.05, 4.69) is 19.6 Å². The second-order valence-electron chi connectivity index (χ2n) is 5.37. The van der Waals surface area contributed by atoms with Gasteiger partial charge in [-0.3, -0.25) is 4.79 Å². The van der Waals surface area contributed by atoms with Crippen LogP contribution in [-0.4, -0.2) is 27.8 Å². The third kappa shape index (κ3) is 5.30. The maximum Gasteiger partial charge on any atom is 0.189 e. The number of halogens is 2. The minimum Gasteiger partial charge on any atom is -0.467 e. The lowest BCUT2D eigenvalue weighted by Gasteiger charge is -2.16. The first-order valence-electron chi connectivity index (χ1n) is 5.99. The molecule has 0 fully saturated rings. The highest BCUT2D eigenvalue weighted by molar-refractivity contribution is 6.76. The molecular weight excluding hydrogens is 287 g/mol. The van der Waals surface area contributed by atoms with Crippen LogP contribution >= 0.6 is 11.6 Å². The van der Waals surface area contributed by atoms with Crippen LogP contribution in [0.3, 0.4) is 0 Å². The first kappa shape index (κ1) is 16.1. The lowest BCUT2D eigenvalue weighted by molar-refractivity contribution is 0.0217. The van der Waals surface area contributed by atoms with Crippen molar-refractivity contribution in [2.24, 2.45) is 0 Å². The molecule has 0 bridgehead atoms. The number of aldehydes is 1. The van der Waals surface area contributed by atoms with Gasteiger partial charge in [0.1, 0.15) is 11.6 Å². The third-order valence-corrected chi connectivity index (χ3v) is 4.59. The maximum atomic E-state index is 13.1. The van der Waals surface area contributed by atoms with Crippen molar-refractivity contribution in [3.05, 3.63) is 28.5 Å². The predicted molar refractivity (Wildman–Crippen MR) is 76.4 cm³/mol. The van der Waals surface area contributed by atoms with Gasteiger partial charge in [-0.1, -0.05) is 31.2 Å². The Kier molecular flexibility index (Phi) is 5.97. The highest BCUT2D eigenvalue weighted by Crippen LogP contribution is 2.27. The Morgan fingerprint density at radius 1 is 1.37 bits per heavy atom. The Balaban J connectivity index is 2.50. The van der Waals surface area contributed by atoms with Crippen LogP contribution in [-0.2, 0) is 4.74 Å². The summed E-state index contributed by atoms with van der Waals surface area (Å²) in [5, 5.41) is -0.227. The molecule has 0 saturated carbocycles. The SMILES string of the molecule is C[Si](C)(C)CCOCOc1ccc(F)c(Cl)c1C=O. The smallest absolute Gasteiger partial charge is 0.189 e. The molecule has 0 aliphatic rings. The average molecular weight is 305 g/mol. The summed E-state index contributed by atoms with van der Waals surface area (Å²) in [6, 6.07) is 3.56. The monoisotopic (exact) mass is 304 g/mol. The summed E-state index contributed by atoms with van der Waals surface area (Å²) in [6.45, 7) is 7.39. The van der Waals surface area contributed by atoms with Crippen LogP contribution < -0.4 is 4.74 Å². The van der Waals surface area contributed by atoms with Crippen molar-refractivity contribution in [2.75, 3.05) is 13.4 Å². The van der Waals surface area contributed by atoms with Crippen LogP contribution in [0.15, 0.2) is 12.1 Å². The van der Waals surface area contributed by atoms with E-state index in [-0.39, 0.29) is 23.1 Å². The van der Waals surface area contributed by atoms with Crippen molar-refractivity contribution < 1.29 is 18.7 Å². The fourth-order valence-electron chi connectivity index (χ4n) is 1.33. The number of benzene rings is 1. The molecule has 1 aromatic rings. The number of hydrogen-bond donors (Lipinski definition) is 0. The summed E-state index contributed by atoms with van der Waals surface area (Å²) in [7, 11) is -1.13. The van der Waals surface area contributed by atoms with Crippen molar-refractivity contribution >= 4 is 26.0 Å². The van der Waals surface area contributed by atoms with Gasteiger partial charge in [0.05, 0.1) is 10.6 Å². The number of hydrogen-bond acceptors (Lipinski definition) is 3. The lowest BCUT2D eigenvalue weighted by atomic mass is 10.2. The molecule has 0 N–H and O–H groups in total. The highest BCUT2D eigenvalue weighted by atomic mass is 35.5. The van der Waals surface area contributed by atoms with E-state index < -0.39 is 13.9 Å². The molecule has 0 radical (unpaired) electrons. The Hall–Kier alpha value is -0.913. The molecule has 6 heteroatoms. The van der Waals surface area contributed by atoms with Crippen LogP contribution in [0, 0.1) is 5.82 Å². The molecule has 19 heavy (non-hydrogen) atoms. The van der Waals surface area contributed by atoms with Crippen LogP contribution in [0.1, 0.15) is 10.4 Å². The number of carbonyl (C=O) groups excluding carboxylic acids is 1. The normalized spacial score (nSPS) is 11.4. The zero-order valence-corrected chi connectivity index (χ0v) is 13.1. The second-order valence-corrected chi connectivity index (χ2v) is 11.4. The van der Waals surface area contributed by atoms with Crippen LogP contribution in [0.4, 0.5) is 4.39 Å².